The van der Waals surface area contributed by atoms with Gasteiger partial charge in [-0.3, -0.25) is 4.79 Å². The first kappa shape index (κ1) is 37.6. The molecule has 3 aromatic carbocycles. The number of hydrogen-bond donors (Lipinski definition) is 2. The third kappa shape index (κ3) is 7.91. The van der Waals surface area contributed by atoms with Gasteiger partial charge in [-0.15, -0.1) is 0 Å². The van der Waals surface area contributed by atoms with Crippen LogP contribution in [-0.4, -0.2) is 11.9 Å². The van der Waals surface area contributed by atoms with Gasteiger partial charge in [-0.05, 0) is 176 Å². The summed E-state index contributed by atoms with van der Waals surface area (Å²) in [5, 5.41) is 0. The quantitative estimate of drug-likeness (QED) is 0.111. The summed E-state index contributed by atoms with van der Waals surface area (Å²) in [5.74, 6) is 8.17. The maximum absolute atomic E-state index is 13.0. The highest BCUT2D eigenvalue weighted by Crippen LogP contribution is 2.68. The SMILES string of the molecule is CC(C)CCC[C@@H](C)[C@H]1CCC2C3CCC4CC(Oc5ccc(C(=O)C=Cc6ccc(Oc7ccc(N)cc7N)cc6)cc5)CC[C@]4(C)C3CC[C@@]21C. The number of ketones is 1. The highest BCUT2D eigenvalue weighted by atomic mass is 16.5. The number of nitrogen functional groups attached to an aromatic ring is 2. The minimum absolute atomic E-state index is 0.0329. The fourth-order valence-electron chi connectivity index (χ4n) is 11.9. The first-order chi connectivity index (χ1) is 25.4. The van der Waals surface area contributed by atoms with Gasteiger partial charge in [-0.25, -0.2) is 0 Å². The molecule has 0 spiro atoms. The summed E-state index contributed by atoms with van der Waals surface area (Å²) in [5.41, 5.74) is 15.5. The molecule has 4 aliphatic rings. The molecule has 0 aliphatic heterocycles. The highest BCUT2D eigenvalue weighted by Gasteiger charge is 2.60. The van der Waals surface area contributed by atoms with Crippen molar-refractivity contribution >= 4 is 23.2 Å². The van der Waals surface area contributed by atoms with Crippen molar-refractivity contribution in [1.82, 2.24) is 0 Å². The molecule has 5 heteroatoms. The Morgan fingerprint density at radius 2 is 1.53 bits per heavy atom. The first-order valence-electron chi connectivity index (χ1n) is 20.8. The molecule has 5 nitrogen and oxygen atoms in total. The second-order valence-electron chi connectivity index (χ2n) is 18.4. The standard InChI is InChI=1S/C48H64N2O3/c1-31(2)7-6-8-32(3)41-21-22-42-40-20-14-35-29-39(25-27-47(35,4)43(40)26-28-48(41,42)5)52-37-18-12-34(13-19-37)45(51)23-11-33-9-16-38(17-10-33)53-46-24-15-36(49)30-44(46)50/h9-13,15-19,23-24,30-32,35,39-43H,6-8,14,20-22,25-29,49-50H2,1-5H3/t32-,35?,39?,40?,41-,42?,43?,47+,48-/m1/s1. The number of hydrogen-bond acceptors (Lipinski definition) is 5. The van der Waals surface area contributed by atoms with E-state index in [0.29, 0.717) is 39.3 Å². The number of carbonyl (C=O) groups is 1. The zero-order valence-electron chi connectivity index (χ0n) is 33.0. The van der Waals surface area contributed by atoms with Gasteiger partial charge in [0.2, 0.25) is 0 Å². The zero-order chi connectivity index (χ0) is 37.3. The minimum atomic E-state index is -0.0329. The molecule has 0 amide bonds. The summed E-state index contributed by atoms with van der Waals surface area (Å²) >= 11 is 0. The van der Waals surface area contributed by atoms with Crippen LogP contribution in [0.1, 0.15) is 128 Å². The summed E-state index contributed by atoms with van der Waals surface area (Å²) in [4.78, 5) is 13.0. The minimum Gasteiger partial charge on any atom is -0.490 e. The molecule has 4 saturated carbocycles. The number of fused-ring (bicyclic) bond motifs is 5. The number of anilines is 2. The topological polar surface area (TPSA) is 87.6 Å². The van der Waals surface area contributed by atoms with Gasteiger partial charge in [-0.1, -0.05) is 72.1 Å². The van der Waals surface area contributed by atoms with E-state index in [4.69, 9.17) is 20.9 Å². The Kier molecular flexibility index (Phi) is 11.0. The summed E-state index contributed by atoms with van der Waals surface area (Å²) in [6.45, 7) is 12.7. The van der Waals surface area contributed by atoms with Crippen molar-refractivity contribution in [1.29, 1.82) is 0 Å². The van der Waals surface area contributed by atoms with Gasteiger partial charge in [0.05, 0.1) is 11.8 Å². The lowest BCUT2D eigenvalue weighted by Crippen LogP contribution is -2.54. The monoisotopic (exact) mass is 716 g/mol. The number of rotatable bonds is 12. The maximum atomic E-state index is 13.0. The Balaban J connectivity index is 0.904. The molecule has 284 valence electrons. The lowest BCUT2D eigenvalue weighted by atomic mass is 9.44. The fraction of sp³-hybridized carbons (Fsp3) is 0.562. The van der Waals surface area contributed by atoms with Crippen molar-refractivity contribution in [2.75, 3.05) is 11.5 Å². The van der Waals surface area contributed by atoms with Gasteiger partial charge in [-0.2, -0.15) is 0 Å². The molecule has 4 fully saturated rings. The van der Waals surface area contributed by atoms with Crippen molar-refractivity contribution in [3.8, 4) is 17.2 Å². The average Bonchev–Trinajstić information content (AvgIpc) is 3.50. The van der Waals surface area contributed by atoms with Crippen molar-refractivity contribution in [2.24, 2.45) is 52.3 Å². The number of allylic oxidation sites excluding steroid dienone is 1. The average molecular weight is 717 g/mol. The molecule has 7 rings (SSSR count). The molecule has 5 unspecified atom stereocenters. The Morgan fingerprint density at radius 3 is 2.26 bits per heavy atom. The number of nitrogens with two attached hydrogens (primary N) is 2. The van der Waals surface area contributed by atoms with Crippen LogP contribution in [0.3, 0.4) is 0 Å². The van der Waals surface area contributed by atoms with Crippen LogP contribution in [0.25, 0.3) is 6.08 Å². The highest BCUT2D eigenvalue weighted by molar-refractivity contribution is 6.06. The van der Waals surface area contributed by atoms with Crippen LogP contribution in [0.15, 0.2) is 72.8 Å². The Morgan fingerprint density at radius 1 is 0.811 bits per heavy atom. The third-order valence-electron chi connectivity index (χ3n) is 14.8. The number of ether oxygens (including phenoxy) is 2. The fourth-order valence-corrected chi connectivity index (χ4v) is 11.9. The van der Waals surface area contributed by atoms with E-state index in [1.54, 1.807) is 24.3 Å². The summed E-state index contributed by atoms with van der Waals surface area (Å²) in [7, 11) is 0. The van der Waals surface area contributed by atoms with Crippen LogP contribution < -0.4 is 20.9 Å². The third-order valence-corrected chi connectivity index (χ3v) is 14.8. The normalized spacial score (nSPS) is 31.4. The van der Waals surface area contributed by atoms with Crippen molar-refractivity contribution in [3.05, 3.63) is 83.9 Å². The van der Waals surface area contributed by atoms with E-state index in [1.807, 2.05) is 54.6 Å². The van der Waals surface area contributed by atoms with E-state index < -0.39 is 0 Å². The summed E-state index contributed by atoms with van der Waals surface area (Å²) < 4.78 is 12.5. The number of benzene rings is 3. The molecule has 53 heavy (non-hydrogen) atoms. The molecule has 0 saturated heterocycles. The van der Waals surface area contributed by atoms with E-state index in [1.165, 1.54) is 64.2 Å². The molecule has 0 aromatic heterocycles. The first-order valence-corrected chi connectivity index (χ1v) is 20.8. The van der Waals surface area contributed by atoms with E-state index >= 15 is 0 Å². The van der Waals surface area contributed by atoms with Gasteiger partial charge in [0.15, 0.2) is 5.78 Å². The molecule has 0 radical (unpaired) electrons. The largest absolute Gasteiger partial charge is 0.490 e. The lowest BCUT2D eigenvalue weighted by Gasteiger charge is -2.61. The van der Waals surface area contributed by atoms with E-state index in [-0.39, 0.29) is 11.9 Å². The smallest absolute Gasteiger partial charge is 0.185 e. The Hall–Kier alpha value is -3.73. The van der Waals surface area contributed by atoms with Gasteiger partial charge in [0.1, 0.15) is 17.2 Å². The maximum Gasteiger partial charge on any atom is 0.185 e. The van der Waals surface area contributed by atoms with Gasteiger partial charge >= 0.3 is 0 Å². The Bertz CT molecular complexity index is 1750. The predicted molar refractivity (Wildman–Crippen MR) is 219 cm³/mol. The van der Waals surface area contributed by atoms with Gasteiger partial charge in [0.25, 0.3) is 0 Å². The molecular weight excluding hydrogens is 653 g/mol. The second-order valence-corrected chi connectivity index (χ2v) is 18.4. The van der Waals surface area contributed by atoms with E-state index in [9.17, 15) is 4.79 Å². The number of carbonyl (C=O) groups excluding carboxylic acids is 1. The second kappa shape index (κ2) is 15.6. The van der Waals surface area contributed by atoms with Crippen LogP contribution in [0.5, 0.6) is 17.2 Å². The molecule has 4 N–H and O–H groups in total. The summed E-state index contributed by atoms with van der Waals surface area (Å²) in [6.07, 6.45) is 20.1. The molecule has 3 aromatic rings. The summed E-state index contributed by atoms with van der Waals surface area (Å²) in [6, 6.07) is 20.5. The molecule has 4 aliphatic carbocycles. The van der Waals surface area contributed by atoms with Crippen molar-refractivity contribution < 1.29 is 14.3 Å². The molecule has 9 atom stereocenters. The lowest BCUT2D eigenvalue weighted by molar-refractivity contribution is -0.126. The zero-order valence-corrected chi connectivity index (χ0v) is 33.0. The van der Waals surface area contributed by atoms with Gasteiger partial charge in [0, 0.05) is 11.3 Å². The molecular formula is C48H64N2O3. The van der Waals surface area contributed by atoms with E-state index in [0.717, 1.165) is 65.6 Å². The molecule has 0 bridgehead atoms. The van der Waals surface area contributed by atoms with Crippen LogP contribution in [0, 0.1) is 52.3 Å². The predicted octanol–water partition coefficient (Wildman–Crippen LogP) is 12.4. The van der Waals surface area contributed by atoms with E-state index in [2.05, 4.69) is 34.6 Å². The van der Waals surface area contributed by atoms with Crippen LogP contribution in [0.4, 0.5) is 11.4 Å². The van der Waals surface area contributed by atoms with Crippen LogP contribution in [0.2, 0.25) is 0 Å². The Labute approximate surface area is 319 Å². The van der Waals surface area contributed by atoms with Crippen LogP contribution >= 0.6 is 0 Å². The van der Waals surface area contributed by atoms with Crippen molar-refractivity contribution in [2.45, 2.75) is 118 Å². The van der Waals surface area contributed by atoms with Gasteiger partial charge < -0.3 is 20.9 Å². The van der Waals surface area contributed by atoms with Crippen molar-refractivity contribution in [3.63, 3.8) is 0 Å². The molecule has 0 heterocycles. The van der Waals surface area contributed by atoms with Crippen LogP contribution in [-0.2, 0) is 0 Å².